The van der Waals surface area contributed by atoms with E-state index in [1.54, 1.807) is 26.5 Å². The molecular formula is C18H18N4O3S. The standard InChI is InChI=1S/C18H18N4O3S/c1-23-15-9-8-13(16(10-15)24-2)11-19-22-17(20-21-18(22)26)12-25-14-6-4-3-5-7-14/h3-11H,12H2,1-2H3,(H,21,26)/b19-11-. The van der Waals surface area contributed by atoms with Crippen molar-refractivity contribution < 1.29 is 14.2 Å². The molecule has 26 heavy (non-hydrogen) atoms. The van der Waals surface area contributed by atoms with Crippen molar-refractivity contribution in [3.05, 3.63) is 64.7 Å². The number of ether oxygens (including phenoxy) is 3. The predicted octanol–water partition coefficient (Wildman–Crippen LogP) is 3.42. The Balaban J connectivity index is 1.81. The highest BCUT2D eigenvalue weighted by Gasteiger charge is 2.07. The van der Waals surface area contributed by atoms with Crippen LogP contribution >= 0.6 is 12.2 Å². The Morgan fingerprint density at radius 1 is 1.12 bits per heavy atom. The maximum Gasteiger partial charge on any atom is 0.216 e. The van der Waals surface area contributed by atoms with E-state index in [1.807, 2.05) is 42.5 Å². The number of benzene rings is 2. The number of hydrogen-bond donors (Lipinski definition) is 1. The summed E-state index contributed by atoms with van der Waals surface area (Å²) in [5, 5.41) is 11.3. The summed E-state index contributed by atoms with van der Waals surface area (Å²) in [5.41, 5.74) is 0.784. The molecule has 0 atom stereocenters. The van der Waals surface area contributed by atoms with Crippen molar-refractivity contribution in [3.8, 4) is 17.2 Å². The topological polar surface area (TPSA) is 73.7 Å². The van der Waals surface area contributed by atoms with Gasteiger partial charge < -0.3 is 14.2 Å². The van der Waals surface area contributed by atoms with E-state index in [0.29, 0.717) is 22.1 Å². The van der Waals surface area contributed by atoms with Gasteiger partial charge >= 0.3 is 0 Å². The molecule has 0 amide bonds. The number of nitrogens with one attached hydrogen (secondary N) is 1. The van der Waals surface area contributed by atoms with Crippen LogP contribution in [0.15, 0.2) is 53.6 Å². The first kappa shape index (κ1) is 17.7. The number of hydrogen-bond acceptors (Lipinski definition) is 6. The summed E-state index contributed by atoms with van der Waals surface area (Å²) >= 11 is 5.24. The maximum absolute atomic E-state index is 5.71. The summed E-state index contributed by atoms with van der Waals surface area (Å²) in [4.78, 5) is 0. The van der Waals surface area contributed by atoms with Crippen LogP contribution in [0.1, 0.15) is 11.4 Å². The van der Waals surface area contributed by atoms with Crippen LogP contribution in [-0.2, 0) is 6.61 Å². The number of nitrogens with zero attached hydrogens (tertiary/aromatic N) is 3. The van der Waals surface area contributed by atoms with Crippen LogP contribution in [0.4, 0.5) is 0 Å². The lowest BCUT2D eigenvalue weighted by molar-refractivity contribution is 0.290. The molecule has 0 fully saturated rings. The highest BCUT2D eigenvalue weighted by molar-refractivity contribution is 7.71. The minimum absolute atomic E-state index is 0.230. The van der Waals surface area contributed by atoms with E-state index in [9.17, 15) is 0 Å². The lowest BCUT2D eigenvalue weighted by Crippen LogP contribution is -2.04. The second-order valence-electron chi connectivity index (χ2n) is 5.21. The van der Waals surface area contributed by atoms with Gasteiger partial charge in [-0.3, -0.25) is 0 Å². The van der Waals surface area contributed by atoms with E-state index in [4.69, 9.17) is 26.4 Å². The minimum Gasteiger partial charge on any atom is -0.497 e. The first-order valence-electron chi connectivity index (χ1n) is 7.82. The number of methoxy groups -OCH3 is 2. The molecule has 1 heterocycles. The largest absolute Gasteiger partial charge is 0.497 e. The SMILES string of the molecule is COc1ccc(/C=N\n2c(COc3ccccc3)n[nH]c2=S)c(OC)c1. The third-order valence-electron chi connectivity index (χ3n) is 3.58. The fourth-order valence-electron chi connectivity index (χ4n) is 2.25. The fourth-order valence-corrected chi connectivity index (χ4v) is 2.44. The molecular weight excluding hydrogens is 352 g/mol. The third-order valence-corrected chi connectivity index (χ3v) is 3.85. The molecule has 1 N–H and O–H groups in total. The van der Waals surface area contributed by atoms with Crippen molar-refractivity contribution in [2.75, 3.05) is 14.2 Å². The van der Waals surface area contributed by atoms with Crippen LogP contribution < -0.4 is 14.2 Å². The average molecular weight is 370 g/mol. The number of aromatic amines is 1. The summed E-state index contributed by atoms with van der Waals surface area (Å²) in [7, 11) is 3.20. The number of aromatic nitrogens is 3. The van der Waals surface area contributed by atoms with Gasteiger partial charge in [0.25, 0.3) is 0 Å². The maximum atomic E-state index is 5.71. The molecule has 3 aromatic rings. The van der Waals surface area contributed by atoms with Gasteiger partial charge in [-0.05, 0) is 36.5 Å². The molecule has 0 spiro atoms. The van der Waals surface area contributed by atoms with Gasteiger partial charge in [0, 0.05) is 11.6 Å². The van der Waals surface area contributed by atoms with E-state index >= 15 is 0 Å². The molecule has 0 radical (unpaired) electrons. The molecule has 0 bridgehead atoms. The molecule has 0 aliphatic rings. The van der Waals surface area contributed by atoms with Gasteiger partial charge in [0.05, 0.1) is 20.4 Å². The normalized spacial score (nSPS) is 10.8. The van der Waals surface area contributed by atoms with E-state index in [2.05, 4.69) is 15.3 Å². The van der Waals surface area contributed by atoms with Crippen molar-refractivity contribution in [1.82, 2.24) is 14.9 Å². The first-order chi connectivity index (χ1) is 12.7. The van der Waals surface area contributed by atoms with E-state index in [1.165, 1.54) is 4.68 Å². The Hall–Kier alpha value is -3.13. The Morgan fingerprint density at radius 2 is 1.92 bits per heavy atom. The summed E-state index contributed by atoms with van der Waals surface area (Å²) in [5.74, 6) is 2.65. The van der Waals surface area contributed by atoms with Crippen molar-refractivity contribution in [2.24, 2.45) is 5.10 Å². The minimum atomic E-state index is 0.230. The Kier molecular flexibility index (Phi) is 5.65. The van der Waals surface area contributed by atoms with Gasteiger partial charge in [-0.15, -0.1) is 0 Å². The van der Waals surface area contributed by atoms with Crippen molar-refractivity contribution in [2.45, 2.75) is 6.61 Å². The summed E-state index contributed by atoms with van der Waals surface area (Å²) in [6.45, 7) is 0.230. The first-order valence-corrected chi connectivity index (χ1v) is 8.22. The lowest BCUT2D eigenvalue weighted by Gasteiger charge is -2.07. The number of rotatable bonds is 7. The molecule has 0 saturated carbocycles. The van der Waals surface area contributed by atoms with Crippen molar-refractivity contribution in [3.63, 3.8) is 0 Å². The average Bonchev–Trinajstić information content (AvgIpc) is 3.05. The van der Waals surface area contributed by atoms with Crippen LogP contribution in [0.25, 0.3) is 0 Å². The molecule has 1 aromatic heterocycles. The number of H-pyrrole nitrogens is 1. The molecule has 3 rings (SSSR count). The molecule has 8 heteroatoms. The molecule has 2 aromatic carbocycles. The molecule has 0 aliphatic heterocycles. The van der Waals surface area contributed by atoms with Gasteiger partial charge in [-0.25, -0.2) is 5.10 Å². The van der Waals surface area contributed by atoms with Gasteiger partial charge in [0.1, 0.15) is 23.9 Å². The fraction of sp³-hybridized carbons (Fsp3) is 0.167. The zero-order valence-corrected chi connectivity index (χ0v) is 15.2. The summed E-state index contributed by atoms with van der Waals surface area (Å²) in [6, 6.07) is 14.9. The Labute approximate surface area is 155 Å². The Bertz CT molecular complexity index is 951. The van der Waals surface area contributed by atoms with Crippen LogP contribution in [0, 0.1) is 4.77 Å². The second kappa shape index (κ2) is 8.30. The summed E-state index contributed by atoms with van der Waals surface area (Å²) < 4.78 is 18.2. The van der Waals surface area contributed by atoms with Gasteiger partial charge in [-0.2, -0.15) is 14.9 Å². The quantitative estimate of drug-likeness (QED) is 0.510. The number of para-hydroxylation sites is 1. The predicted molar refractivity (Wildman–Crippen MR) is 101 cm³/mol. The van der Waals surface area contributed by atoms with Crippen LogP contribution in [-0.4, -0.2) is 35.3 Å². The van der Waals surface area contributed by atoms with Crippen LogP contribution in [0.2, 0.25) is 0 Å². The van der Waals surface area contributed by atoms with E-state index in [-0.39, 0.29) is 6.61 Å². The highest BCUT2D eigenvalue weighted by Crippen LogP contribution is 2.23. The summed E-state index contributed by atoms with van der Waals surface area (Å²) in [6.07, 6.45) is 1.65. The smallest absolute Gasteiger partial charge is 0.216 e. The van der Waals surface area contributed by atoms with Gasteiger partial charge in [0.2, 0.25) is 4.77 Å². The zero-order chi connectivity index (χ0) is 18.4. The monoisotopic (exact) mass is 370 g/mol. The third kappa shape index (κ3) is 4.09. The molecule has 0 unspecified atom stereocenters. The molecule has 7 nitrogen and oxygen atoms in total. The zero-order valence-electron chi connectivity index (χ0n) is 14.4. The lowest BCUT2D eigenvalue weighted by atomic mass is 10.2. The highest BCUT2D eigenvalue weighted by atomic mass is 32.1. The van der Waals surface area contributed by atoms with Crippen molar-refractivity contribution in [1.29, 1.82) is 0 Å². The van der Waals surface area contributed by atoms with E-state index in [0.717, 1.165) is 11.3 Å². The molecule has 134 valence electrons. The Morgan fingerprint density at radius 3 is 2.65 bits per heavy atom. The molecule has 0 aliphatic carbocycles. The van der Waals surface area contributed by atoms with Crippen molar-refractivity contribution >= 4 is 18.4 Å². The van der Waals surface area contributed by atoms with E-state index < -0.39 is 0 Å². The van der Waals surface area contributed by atoms with Gasteiger partial charge in [-0.1, -0.05) is 18.2 Å². The molecule has 0 saturated heterocycles. The van der Waals surface area contributed by atoms with Crippen LogP contribution in [0.5, 0.6) is 17.2 Å². The van der Waals surface area contributed by atoms with Gasteiger partial charge in [0.15, 0.2) is 5.82 Å². The second-order valence-corrected chi connectivity index (χ2v) is 5.60. The van der Waals surface area contributed by atoms with Crippen LogP contribution in [0.3, 0.4) is 0 Å².